The monoisotopic (exact) mass is 680 g/mol. The fourth-order valence-electron chi connectivity index (χ4n) is 4.67. The van der Waals surface area contributed by atoms with Gasteiger partial charge in [-0.15, -0.1) is 0 Å². The van der Waals surface area contributed by atoms with E-state index in [0.29, 0.717) is 12.1 Å². The molecule has 1 heterocycles. The van der Waals surface area contributed by atoms with Crippen molar-refractivity contribution in [2.45, 2.75) is 48.1 Å². The van der Waals surface area contributed by atoms with Gasteiger partial charge in [0.2, 0.25) is 3.79 Å². The SMILES string of the molecule is COC(=O)N(Cc1cc(C(F)(F)F)cc(C(F)(F)F)c1)[C@H]1C[C@@H](C)N(C(=O)OCC(Cl)(Cl)Cl)c2cc(OC)c(OC)cc21. The van der Waals surface area contributed by atoms with Gasteiger partial charge in [-0.05, 0) is 43.2 Å². The van der Waals surface area contributed by atoms with Crippen LogP contribution in [0.4, 0.5) is 41.6 Å². The van der Waals surface area contributed by atoms with Crippen molar-refractivity contribution in [1.29, 1.82) is 0 Å². The van der Waals surface area contributed by atoms with E-state index >= 15 is 0 Å². The first-order chi connectivity index (χ1) is 19.8. The van der Waals surface area contributed by atoms with Crippen LogP contribution < -0.4 is 14.4 Å². The molecule has 0 saturated heterocycles. The maximum atomic E-state index is 13.5. The standard InChI is InChI=1S/C26H25Cl3F6N2O6/c1-13-5-18(17-9-20(40-2)21(41-3)10-19(17)37(13)23(39)43-12-24(27,28)29)36(22(38)42-4)11-14-6-15(25(30,31)32)8-16(7-14)26(33,34)35/h6-10,13,18H,5,11-12H2,1-4H3/t13-,18+/m1/s1. The van der Waals surface area contributed by atoms with Gasteiger partial charge in [0.15, 0.2) is 11.5 Å². The Labute approximate surface area is 257 Å². The number of amides is 2. The van der Waals surface area contributed by atoms with Crippen molar-refractivity contribution in [3.8, 4) is 11.5 Å². The first-order valence-electron chi connectivity index (χ1n) is 12.2. The number of halogens is 9. The van der Waals surface area contributed by atoms with Crippen molar-refractivity contribution in [1.82, 2.24) is 4.90 Å². The summed E-state index contributed by atoms with van der Waals surface area (Å²) in [6, 6.07) is 2.04. The molecule has 2 aromatic rings. The summed E-state index contributed by atoms with van der Waals surface area (Å²) in [5, 5.41) is 0. The summed E-state index contributed by atoms with van der Waals surface area (Å²) in [5.41, 5.74) is -3.21. The van der Waals surface area contributed by atoms with Crippen LogP contribution in [0.2, 0.25) is 0 Å². The number of rotatable bonds is 6. The Morgan fingerprint density at radius 3 is 1.91 bits per heavy atom. The van der Waals surface area contributed by atoms with Crippen LogP contribution in [0.15, 0.2) is 30.3 Å². The number of fused-ring (bicyclic) bond motifs is 1. The Hall–Kier alpha value is -2.97. The predicted octanol–water partition coefficient (Wildman–Crippen LogP) is 8.16. The zero-order valence-electron chi connectivity index (χ0n) is 22.9. The van der Waals surface area contributed by atoms with E-state index in [1.165, 1.54) is 31.3 Å². The van der Waals surface area contributed by atoms with Crippen molar-refractivity contribution in [3.05, 3.63) is 52.6 Å². The molecule has 2 atom stereocenters. The first kappa shape index (κ1) is 34.5. The van der Waals surface area contributed by atoms with Gasteiger partial charge in [-0.3, -0.25) is 9.80 Å². The highest BCUT2D eigenvalue weighted by molar-refractivity contribution is 6.67. The maximum absolute atomic E-state index is 13.5. The van der Waals surface area contributed by atoms with Crippen molar-refractivity contribution < 1.29 is 54.9 Å². The minimum absolute atomic E-state index is 0.0121. The van der Waals surface area contributed by atoms with Gasteiger partial charge in [-0.2, -0.15) is 26.3 Å². The molecule has 1 aliphatic rings. The normalized spacial score (nSPS) is 17.2. The predicted molar refractivity (Wildman–Crippen MR) is 145 cm³/mol. The smallest absolute Gasteiger partial charge is 0.416 e. The van der Waals surface area contributed by atoms with Gasteiger partial charge in [-0.1, -0.05) is 34.8 Å². The molecule has 0 N–H and O–H groups in total. The summed E-state index contributed by atoms with van der Waals surface area (Å²) in [6.45, 7) is 0.241. The molecule has 17 heteroatoms. The second kappa shape index (κ2) is 12.9. The third kappa shape index (κ3) is 8.15. The molecule has 0 aliphatic carbocycles. The zero-order chi connectivity index (χ0) is 32.5. The molecule has 3 rings (SSSR count). The third-order valence-corrected chi connectivity index (χ3v) is 6.83. The number of ether oxygens (including phenoxy) is 4. The van der Waals surface area contributed by atoms with E-state index in [-0.39, 0.29) is 35.2 Å². The van der Waals surface area contributed by atoms with Gasteiger partial charge < -0.3 is 18.9 Å². The van der Waals surface area contributed by atoms with E-state index in [9.17, 15) is 35.9 Å². The molecule has 238 valence electrons. The Balaban J connectivity index is 2.18. The Morgan fingerprint density at radius 2 is 1.44 bits per heavy atom. The van der Waals surface area contributed by atoms with Crippen LogP contribution in [0.3, 0.4) is 0 Å². The number of hydrogen-bond acceptors (Lipinski definition) is 6. The van der Waals surface area contributed by atoms with Crippen molar-refractivity contribution in [2.75, 3.05) is 32.8 Å². The molecule has 0 fully saturated rings. The van der Waals surface area contributed by atoms with Gasteiger partial charge in [0.25, 0.3) is 0 Å². The summed E-state index contributed by atoms with van der Waals surface area (Å²) in [6.07, 6.45) is -12.3. The lowest BCUT2D eigenvalue weighted by atomic mass is 9.90. The fraction of sp³-hybridized carbons (Fsp3) is 0.462. The Bertz CT molecular complexity index is 1320. The van der Waals surface area contributed by atoms with Crippen LogP contribution >= 0.6 is 34.8 Å². The molecule has 2 aromatic carbocycles. The molecular weight excluding hydrogens is 657 g/mol. The van der Waals surface area contributed by atoms with Gasteiger partial charge in [-0.25, -0.2) is 9.59 Å². The van der Waals surface area contributed by atoms with E-state index in [4.69, 9.17) is 53.8 Å². The molecular formula is C26H25Cl3F6N2O6. The minimum atomic E-state index is -5.10. The molecule has 43 heavy (non-hydrogen) atoms. The number of nitrogens with zero attached hydrogens (tertiary/aromatic N) is 2. The lowest BCUT2D eigenvalue weighted by molar-refractivity contribution is -0.143. The number of carbonyl (C=O) groups excluding carboxylic acids is 2. The van der Waals surface area contributed by atoms with Crippen LogP contribution in [0.5, 0.6) is 11.5 Å². The maximum Gasteiger partial charge on any atom is 0.416 e. The molecule has 0 saturated carbocycles. The topological polar surface area (TPSA) is 77.5 Å². The first-order valence-corrected chi connectivity index (χ1v) is 13.4. The average molecular weight is 682 g/mol. The van der Waals surface area contributed by atoms with Crippen LogP contribution in [0.1, 0.15) is 41.6 Å². The molecule has 0 aromatic heterocycles. The number of benzene rings is 2. The summed E-state index contributed by atoms with van der Waals surface area (Å²) < 4.78 is 100. The van der Waals surface area contributed by atoms with Gasteiger partial charge >= 0.3 is 24.5 Å². The molecule has 2 amide bonds. The summed E-state index contributed by atoms with van der Waals surface area (Å²) in [4.78, 5) is 28.3. The zero-order valence-corrected chi connectivity index (χ0v) is 25.2. The Kier molecular flexibility index (Phi) is 10.4. The number of alkyl halides is 9. The largest absolute Gasteiger partial charge is 0.493 e. The molecule has 0 unspecified atom stereocenters. The van der Waals surface area contributed by atoms with Crippen LogP contribution in [0, 0.1) is 0 Å². The highest BCUT2D eigenvalue weighted by Crippen LogP contribution is 2.47. The summed E-state index contributed by atoms with van der Waals surface area (Å²) in [7, 11) is 3.65. The van der Waals surface area contributed by atoms with Crippen LogP contribution in [-0.2, 0) is 28.4 Å². The number of hydrogen-bond donors (Lipinski definition) is 0. The molecule has 0 radical (unpaired) electrons. The van der Waals surface area contributed by atoms with Gasteiger partial charge in [0.05, 0.1) is 44.2 Å². The summed E-state index contributed by atoms with van der Waals surface area (Å²) >= 11 is 17.1. The van der Waals surface area contributed by atoms with E-state index in [1.54, 1.807) is 6.92 Å². The number of methoxy groups -OCH3 is 3. The number of anilines is 1. The average Bonchev–Trinajstić information content (AvgIpc) is 2.91. The third-order valence-electron chi connectivity index (χ3n) is 6.50. The number of carbonyl (C=O) groups is 2. The molecule has 1 aliphatic heterocycles. The van der Waals surface area contributed by atoms with E-state index < -0.39 is 70.3 Å². The Morgan fingerprint density at radius 1 is 0.907 bits per heavy atom. The second-order valence-electron chi connectivity index (χ2n) is 9.42. The van der Waals surface area contributed by atoms with Crippen LogP contribution in [0.25, 0.3) is 0 Å². The van der Waals surface area contributed by atoms with Gasteiger partial charge in [0, 0.05) is 24.2 Å². The van der Waals surface area contributed by atoms with Crippen molar-refractivity contribution in [3.63, 3.8) is 0 Å². The van der Waals surface area contributed by atoms with Crippen LogP contribution in [-0.4, -0.2) is 54.9 Å². The lowest BCUT2D eigenvalue weighted by Crippen LogP contribution is -2.48. The lowest BCUT2D eigenvalue weighted by Gasteiger charge is -2.42. The van der Waals surface area contributed by atoms with Crippen molar-refractivity contribution in [2.24, 2.45) is 0 Å². The quantitative estimate of drug-likeness (QED) is 0.226. The molecule has 0 bridgehead atoms. The highest BCUT2D eigenvalue weighted by atomic mass is 35.6. The van der Waals surface area contributed by atoms with E-state index in [0.717, 1.165) is 12.0 Å². The van der Waals surface area contributed by atoms with Crippen molar-refractivity contribution >= 4 is 52.7 Å². The van der Waals surface area contributed by atoms with Gasteiger partial charge in [0.1, 0.15) is 6.61 Å². The molecule has 8 nitrogen and oxygen atoms in total. The second-order valence-corrected chi connectivity index (χ2v) is 11.9. The molecule has 0 spiro atoms. The van der Waals surface area contributed by atoms with E-state index in [2.05, 4.69) is 0 Å². The highest BCUT2D eigenvalue weighted by Gasteiger charge is 2.42. The fourth-order valence-corrected chi connectivity index (χ4v) is 4.83. The van der Waals surface area contributed by atoms with E-state index in [1.807, 2.05) is 0 Å². The minimum Gasteiger partial charge on any atom is -0.493 e. The summed E-state index contributed by atoms with van der Waals surface area (Å²) in [5.74, 6) is 0.309.